The van der Waals surface area contributed by atoms with Crippen LogP contribution in [-0.4, -0.2) is 47.2 Å². The van der Waals surface area contributed by atoms with Crippen molar-refractivity contribution in [2.75, 3.05) is 20.8 Å². The van der Waals surface area contributed by atoms with Gasteiger partial charge in [-0.15, -0.1) is 11.3 Å². The zero-order valence-electron chi connectivity index (χ0n) is 15.9. The summed E-state index contributed by atoms with van der Waals surface area (Å²) in [5.74, 6) is -0.115. The molecule has 1 unspecified atom stereocenters. The second kappa shape index (κ2) is 8.02. The Morgan fingerprint density at radius 1 is 1.33 bits per heavy atom. The fraction of sp³-hybridized carbons (Fsp3) is 0.350. The molecule has 0 saturated carbocycles. The van der Waals surface area contributed by atoms with Crippen molar-refractivity contribution in [2.24, 2.45) is 7.05 Å². The molecule has 27 heavy (non-hydrogen) atoms. The highest BCUT2D eigenvalue weighted by molar-refractivity contribution is 7.20. The second-order valence-corrected chi connectivity index (χ2v) is 7.61. The lowest BCUT2D eigenvalue weighted by Gasteiger charge is -2.27. The fourth-order valence-electron chi connectivity index (χ4n) is 3.13. The minimum atomic E-state index is -0.131. The number of aromatic nitrogens is 2. The first-order valence-electron chi connectivity index (χ1n) is 8.68. The van der Waals surface area contributed by atoms with E-state index in [1.54, 1.807) is 26.1 Å². The summed E-state index contributed by atoms with van der Waals surface area (Å²) in [4.78, 5) is 32.8. The number of likely N-dealkylation sites (N-methyl/N-ethyl adjacent to an activating group) is 1. The molecule has 0 bridgehead atoms. The van der Waals surface area contributed by atoms with Crippen molar-refractivity contribution in [3.05, 3.63) is 63.0 Å². The Balaban J connectivity index is 1.93. The summed E-state index contributed by atoms with van der Waals surface area (Å²) in [6, 6.07) is 9.92. The average Bonchev–Trinajstić information content (AvgIpc) is 3.01. The molecule has 1 atom stereocenters. The molecule has 0 spiro atoms. The Kier molecular flexibility index (Phi) is 5.72. The standard InChI is InChI=1S/C20H23N3O3S/c1-13-16-18(21-12-22(2)19(16)24)27-17(13)20(25)23(3)15(11-26-4)10-14-8-6-5-7-9-14/h5-9,12,15H,10-11H2,1-4H3. The van der Waals surface area contributed by atoms with E-state index in [9.17, 15) is 9.59 Å². The van der Waals surface area contributed by atoms with E-state index in [1.807, 2.05) is 37.3 Å². The predicted molar refractivity (Wildman–Crippen MR) is 108 cm³/mol. The molecule has 0 saturated heterocycles. The summed E-state index contributed by atoms with van der Waals surface area (Å²) < 4.78 is 6.78. The molecule has 2 heterocycles. The number of ether oxygens (including phenoxy) is 1. The molecule has 1 amide bonds. The average molecular weight is 385 g/mol. The Morgan fingerprint density at radius 3 is 2.70 bits per heavy atom. The summed E-state index contributed by atoms with van der Waals surface area (Å²) in [6.45, 7) is 2.24. The maximum Gasteiger partial charge on any atom is 0.264 e. The number of amides is 1. The first-order chi connectivity index (χ1) is 12.9. The van der Waals surface area contributed by atoms with Gasteiger partial charge in [0.1, 0.15) is 4.83 Å². The van der Waals surface area contributed by atoms with Gasteiger partial charge in [-0.1, -0.05) is 30.3 Å². The molecule has 1 aromatic carbocycles. The lowest BCUT2D eigenvalue weighted by Crippen LogP contribution is -2.41. The van der Waals surface area contributed by atoms with Gasteiger partial charge in [0, 0.05) is 21.2 Å². The molecular formula is C20H23N3O3S. The van der Waals surface area contributed by atoms with Crippen LogP contribution in [0.1, 0.15) is 20.8 Å². The maximum atomic E-state index is 13.2. The van der Waals surface area contributed by atoms with Crippen molar-refractivity contribution in [3.63, 3.8) is 0 Å². The van der Waals surface area contributed by atoms with Crippen LogP contribution in [0.15, 0.2) is 41.5 Å². The molecule has 142 valence electrons. The minimum absolute atomic E-state index is 0.106. The largest absolute Gasteiger partial charge is 0.383 e. The van der Waals surface area contributed by atoms with Gasteiger partial charge in [-0.3, -0.25) is 9.59 Å². The lowest BCUT2D eigenvalue weighted by atomic mass is 10.0. The number of methoxy groups -OCH3 is 1. The molecule has 0 radical (unpaired) electrons. The van der Waals surface area contributed by atoms with E-state index in [1.165, 1.54) is 22.2 Å². The Bertz CT molecular complexity index is 1010. The van der Waals surface area contributed by atoms with Crippen LogP contribution in [0.3, 0.4) is 0 Å². The highest BCUT2D eigenvalue weighted by Crippen LogP contribution is 2.28. The van der Waals surface area contributed by atoms with E-state index in [0.29, 0.717) is 33.7 Å². The van der Waals surface area contributed by atoms with Crippen LogP contribution >= 0.6 is 11.3 Å². The molecule has 7 heteroatoms. The van der Waals surface area contributed by atoms with Crippen LogP contribution in [0, 0.1) is 6.92 Å². The maximum absolute atomic E-state index is 13.2. The van der Waals surface area contributed by atoms with E-state index >= 15 is 0 Å². The van der Waals surface area contributed by atoms with Gasteiger partial charge >= 0.3 is 0 Å². The van der Waals surface area contributed by atoms with Crippen LogP contribution in [-0.2, 0) is 18.2 Å². The Labute approximate surface area is 162 Å². The highest BCUT2D eigenvalue weighted by Gasteiger charge is 2.26. The number of benzene rings is 1. The minimum Gasteiger partial charge on any atom is -0.383 e. The quantitative estimate of drug-likeness (QED) is 0.654. The molecule has 0 aliphatic rings. The molecule has 3 aromatic rings. The number of thiophene rings is 1. The lowest BCUT2D eigenvalue weighted by molar-refractivity contribution is 0.0608. The first-order valence-corrected chi connectivity index (χ1v) is 9.50. The molecule has 0 aliphatic carbocycles. The van der Waals surface area contributed by atoms with Crippen molar-refractivity contribution >= 4 is 27.5 Å². The summed E-state index contributed by atoms with van der Waals surface area (Å²) in [5.41, 5.74) is 1.70. The zero-order chi connectivity index (χ0) is 19.6. The van der Waals surface area contributed by atoms with Crippen molar-refractivity contribution in [1.82, 2.24) is 14.5 Å². The Hall–Kier alpha value is -2.51. The zero-order valence-corrected chi connectivity index (χ0v) is 16.7. The van der Waals surface area contributed by atoms with Crippen LogP contribution in [0.25, 0.3) is 10.2 Å². The van der Waals surface area contributed by atoms with Crippen molar-refractivity contribution in [2.45, 2.75) is 19.4 Å². The van der Waals surface area contributed by atoms with E-state index in [-0.39, 0.29) is 17.5 Å². The second-order valence-electron chi connectivity index (χ2n) is 6.61. The summed E-state index contributed by atoms with van der Waals surface area (Å²) in [6.07, 6.45) is 2.18. The monoisotopic (exact) mass is 385 g/mol. The number of carbonyl (C=O) groups is 1. The topological polar surface area (TPSA) is 64.4 Å². The molecule has 6 nitrogen and oxygen atoms in total. The number of carbonyl (C=O) groups excluding carboxylic acids is 1. The predicted octanol–water partition coefficient (Wildman–Crippen LogP) is 2.63. The van der Waals surface area contributed by atoms with Crippen LogP contribution in [0.4, 0.5) is 0 Å². The van der Waals surface area contributed by atoms with Gasteiger partial charge in [0.2, 0.25) is 0 Å². The smallest absolute Gasteiger partial charge is 0.264 e. The highest BCUT2D eigenvalue weighted by atomic mass is 32.1. The van der Waals surface area contributed by atoms with Gasteiger partial charge in [-0.25, -0.2) is 4.98 Å². The molecule has 0 fully saturated rings. The SMILES string of the molecule is COCC(Cc1ccccc1)N(C)C(=O)c1sc2ncn(C)c(=O)c2c1C. The van der Waals surface area contributed by atoms with Gasteiger partial charge in [-0.2, -0.15) is 0 Å². The number of fused-ring (bicyclic) bond motifs is 1. The van der Waals surface area contributed by atoms with Crippen LogP contribution < -0.4 is 5.56 Å². The third-order valence-corrected chi connectivity index (χ3v) is 5.93. The van der Waals surface area contributed by atoms with Gasteiger partial charge in [-0.05, 0) is 24.5 Å². The summed E-state index contributed by atoms with van der Waals surface area (Å²) in [5, 5.41) is 0.521. The molecular weight excluding hydrogens is 362 g/mol. The molecule has 0 aliphatic heterocycles. The van der Waals surface area contributed by atoms with Gasteiger partial charge in [0.15, 0.2) is 0 Å². The van der Waals surface area contributed by atoms with E-state index in [2.05, 4.69) is 4.98 Å². The van der Waals surface area contributed by atoms with Crippen LogP contribution in [0.2, 0.25) is 0 Å². The fourth-order valence-corrected chi connectivity index (χ4v) is 4.25. The van der Waals surface area contributed by atoms with Crippen molar-refractivity contribution < 1.29 is 9.53 Å². The number of hydrogen-bond acceptors (Lipinski definition) is 5. The Morgan fingerprint density at radius 2 is 2.04 bits per heavy atom. The van der Waals surface area contributed by atoms with Crippen molar-refractivity contribution in [3.8, 4) is 0 Å². The van der Waals surface area contributed by atoms with Crippen LogP contribution in [0.5, 0.6) is 0 Å². The number of nitrogens with zero attached hydrogens (tertiary/aromatic N) is 3. The number of rotatable bonds is 6. The number of hydrogen-bond donors (Lipinski definition) is 0. The summed E-state index contributed by atoms with van der Waals surface area (Å²) >= 11 is 1.27. The van der Waals surface area contributed by atoms with E-state index in [0.717, 1.165) is 5.56 Å². The van der Waals surface area contributed by atoms with Gasteiger partial charge < -0.3 is 14.2 Å². The van der Waals surface area contributed by atoms with Gasteiger partial charge in [0.05, 0.1) is 29.2 Å². The van der Waals surface area contributed by atoms with Crippen molar-refractivity contribution in [1.29, 1.82) is 0 Å². The molecule has 0 N–H and O–H groups in total. The summed E-state index contributed by atoms with van der Waals surface area (Å²) in [7, 11) is 5.08. The molecule has 2 aromatic heterocycles. The first kappa shape index (κ1) is 19.3. The number of aryl methyl sites for hydroxylation is 2. The van der Waals surface area contributed by atoms with Gasteiger partial charge in [0.25, 0.3) is 11.5 Å². The third-order valence-electron chi connectivity index (χ3n) is 4.75. The normalized spacial score (nSPS) is 12.3. The third kappa shape index (κ3) is 3.79. The van der Waals surface area contributed by atoms with E-state index in [4.69, 9.17) is 4.74 Å². The van der Waals surface area contributed by atoms with E-state index < -0.39 is 0 Å². The molecule has 3 rings (SSSR count).